The van der Waals surface area contributed by atoms with Gasteiger partial charge in [-0.15, -0.1) is 11.3 Å². The van der Waals surface area contributed by atoms with Crippen molar-refractivity contribution in [3.63, 3.8) is 0 Å². The number of aromatic hydroxyl groups is 1. The molecule has 0 amide bonds. The van der Waals surface area contributed by atoms with Gasteiger partial charge >= 0.3 is 0 Å². The van der Waals surface area contributed by atoms with Gasteiger partial charge in [0.25, 0.3) is 0 Å². The zero-order chi connectivity index (χ0) is 14.7. The highest BCUT2D eigenvalue weighted by molar-refractivity contribution is 7.11. The number of nitrogens with one attached hydrogen (secondary N) is 1. The highest BCUT2D eigenvalue weighted by Gasteiger charge is 2.13. The lowest BCUT2D eigenvalue weighted by molar-refractivity contribution is 0.405. The van der Waals surface area contributed by atoms with Crippen LogP contribution in [0.25, 0.3) is 0 Å². The Kier molecular flexibility index (Phi) is 4.62. The van der Waals surface area contributed by atoms with E-state index in [4.69, 9.17) is 4.74 Å². The van der Waals surface area contributed by atoms with E-state index in [-0.39, 0.29) is 11.8 Å². The van der Waals surface area contributed by atoms with Gasteiger partial charge in [0, 0.05) is 29.1 Å². The Balaban J connectivity index is 2.03. The maximum Gasteiger partial charge on any atom is 0.123 e. The number of phenolic OH excluding ortho intramolecular Hbond substituents is 1. The van der Waals surface area contributed by atoms with E-state index in [0.29, 0.717) is 12.3 Å². The lowest BCUT2D eigenvalue weighted by Crippen LogP contribution is -2.18. The number of aryl methyl sites for hydroxylation is 2. The lowest BCUT2D eigenvalue weighted by atomic mass is 10.1. The molecule has 0 fully saturated rings. The van der Waals surface area contributed by atoms with Crippen molar-refractivity contribution in [2.45, 2.75) is 33.4 Å². The summed E-state index contributed by atoms with van der Waals surface area (Å²) >= 11 is 1.71. The molecule has 2 rings (SSSR count). The minimum Gasteiger partial charge on any atom is -0.507 e. The summed E-state index contributed by atoms with van der Waals surface area (Å²) in [5.41, 5.74) is 1.93. The lowest BCUT2D eigenvalue weighted by Gasteiger charge is -2.14. The summed E-state index contributed by atoms with van der Waals surface area (Å²) < 4.78 is 5.08. The predicted molar refractivity (Wildman–Crippen MR) is 81.5 cm³/mol. The minimum absolute atomic E-state index is 0.211. The molecule has 0 radical (unpaired) electrons. The van der Waals surface area contributed by atoms with E-state index in [1.54, 1.807) is 24.5 Å². The molecule has 108 valence electrons. The average molecular weight is 292 g/mol. The summed E-state index contributed by atoms with van der Waals surface area (Å²) in [6.07, 6.45) is 0. The first-order chi connectivity index (χ1) is 9.51. The monoisotopic (exact) mass is 292 g/mol. The fraction of sp³-hybridized carbons (Fsp3) is 0.400. The summed E-state index contributed by atoms with van der Waals surface area (Å²) in [7, 11) is 1.59. The summed E-state index contributed by atoms with van der Waals surface area (Å²) in [6.45, 7) is 6.76. The molecule has 2 aromatic rings. The molecular formula is C15H20N2O2S. The van der Waals surface area contributed by atoms with Gasteiger partial charge in [0.05, 0.1) is 17.8 Å². The molecule has 1 aromatic carbocycles. The number of hydrogen-bond donors (Lipinski definition) is 2. The Morgan fingerprint density at radius 3 is 2.70 bits per heavy atom. The third-order valence-corrected chi connectivity index (χ3v) is 4.48. The molecule has 0 saturated carbocycles. The third-order valence-electron chi connectivity index (χ3n) is 3.22. The highest BCUT2D eigenvalue weighted by atomic mass is 32.1. The van der Waals surface area contributed by atoms with Crippen LogP contribution < -0.4 is 10.1 Å². The molecule has 20 heavy (non-hydrogen) atoms. The van der Waals surface area contributed by atoms with Gasteiger partial charge in [-0.3, -0.25) is 0 Å². The Hall–Kier alpha value is -1.59. The fourth-order valence-electron chi connectivity index (χ4n) is 2.12. The molecule has 5 heteroatoms. The standard InChI is InChI=1S/C15H20N2O2S/c1-9(15-10(2)17-11(3)20-15)16-8-12-5-6-13(19-4)7-14(12)18/h5-7,9,16,18H,8H2,1-4H3. The van der Waals surface area contributed by atoms with Crippen molar-refractivity contribution in [2.24, 2.45) is 0 Å². The van der Waals surface area contributed by atoms with Crippen molar-refractivity contribution >= 4 is 11.3 Å². The molecule has 2 N–H and O–H groups in total. The summed E-state index contributed by atoms with van der Waals surface area (Å²) in [4.78, 5) is 5.69. The van der Waals surface area contributed by atoms with E-state index >= 15 is 0 Å². The average Bonchev–Trinajstić information content (AvgIpc) is 2.76. The van der Waals surface area contributed by atoms with E-state index in [1.807, 2.05) is 26.0 Å². The van der Waals surface area contributed by atoms with Crippen molar-refractivity contribution in [3.8, 4) is 11.5 Å². The topological polar surface area (TPSA) is 54.4 Å². The van der Waals surface area contributed by atoms with Crippen molar-refractivity contribution in [1.82, 2.24) is 10.3 Å². The van der Waals surface area contributed by atoms with Crippen LogP contribution in [0.4, 0.5) is 0 Å². The second-order valence-electron chi connectivity index (χ2n) is 4.78. The van der Waals surface area contributed by atoms with Crippen LogP contribution in [0.3, 0.4) is 0 Å². The molecule has 0 spiro atoms. The summed E-state index contributed by atoms with van der Waals surface area (Å²) in [5, 5.41) is 14.4. The van der Waals surface area contributed by atoms with Gasteiger partial charge in [0.15, 0.2) is 0 Å². The largest absolute Gasteiger partial charge is 0.507 e. The molecule has 0 saturated heterocycles. The number of benzene rings is 1. The van der Waals surface area contributed by atoms with Crippen molar-refractivity contribution in [3.05, 3.63) is 39.3 Å². The molecule has 1 heterocycles. The van der Waals surface area contributed by atoms with E-state index in [1.165, 1.54) is 4.88 Å². The predicted octanol–water partition coefficient (Wildman–Crippen LogP) is 3.32. The Morgan fingerprint density at radius 1 is 1.40 bits per heavy atom. The minimum atomic E-state index is 0.211. The van der Waals surface area contributed by atoms with Crippen LogP contribution in [0.1, 0.15) is 34.1 Å². The first-order valence-electron chi connectivity index (χ1n) is 6.54. The first-order valence-corrected chi connectivity index (χ1v) is 7.36. The molecule has 0 bridgehead atoms. The van der Waals surface area contributed by atoms with Gasteiger partial charge in [-0.2, -0.15) is 0 Å². The van der Waals surface area contributed by atoms with Crippen LogP contribution in [-0.2, 0) is 6.54 Å². The highest BCUT2D eigenvalue weighted by Crippen LogP contribution is 2.27. The van der Waals surface area contributed by atoms with Gasteiger partial charge in [-0.1, -0.05) is 6.07 Å². The molecule has 1 unspecified atom stereocenters. The molecule has 1 aromatic heterocycles. The first kappa shape index (κ1) is 14.8. The number of ether oxygens (including phenoxy) is 1. The number of nitrogens with zero attached hydrogens (tertiary/aromatic N) is 1. The molecule has 1 atom stereocenters. The number of aromatic nitrogens is 1. The SMILES string of the molecule is COc1ccc(CNC(C)c2sc(C)nc2C)c(O)c1. The molecule has 0 aliphatic rings. The number of thiazole rings is 1. The van der Waals surface area contributed by atoms with E-state index < -0.39 is 0 Å². The van der Waals surface area contributed by atoms with E-state index in [0.717, 1.165) is 16.3 Å². The molecule has 4 nitrogen and oxygen atoms in total. The molecular weight excluding hydrogens is 272 g/mol. The van der Waals surface area contributed by atoms with Gasteiger partial charge in [0.1, 0.15) is 11.5 Å². The normalized spacial score (nSPS) is 12.4. The van der Waals surface area contributed by atoms with E-state index in [9.17, 15) is 5.11 Å². The van der Waals surface area contributed by atoms with Crippen LogP contribution in [0, 0.1) is 13.8 Å². The number of phenols is 1. The van der Waals surface area contributed by atoms with Gasteiger partial charge in [0.2, 0.25) is 0 Å². The quantitative estimate of drug-likeness (QED) is 0.887. The molecule has 0 aliphatic heterocycles. The number of hydrogen-bond acceptors (Lipinski definition) is 5. The second-order valence-corrected chi connectivity index (χ2v) is 6.01. The maximum atomic E-state index is 9.93. The Labute approximate surface area is 123 Å². The second kappa shape index (κ2) is 6.24. The summed E-state index contributed by atoms with van der Waals surface area (Å²) in [5.74, 6) is 0.912. The zero-order valence-electron chi connectivity index (χ0n) is 12.2. The number of rotatable bonds is 5. The summed E-state index contributed by atoms with van der Waals surface area (Å²) in [6, 6.07) is 5.56. The zero-order valence-corrected chi connectivity index (χ0v) is 13.0. The Morgan fingerprint density at radius 2 is 2.15 bits per heavy atom. The van der Waals surface area contributed by atoms with Crippen LogP contribution in [0.2, 0.25) is 0 Å². The van der Waals surface area contributed by atoms with Crippen LogP contribution in [0.5, 0.6) is 11.5 Å². The third kappa shape index (κ3) is 3.29. The van der Waals surface area contributed by atoms with Crippen LogP contribution >= 0.6 is 11.3 Å². The number of methoxy groups -OCH3 is 1. The van der Waals surface area contributed by atoms with Gasteiger partial charge in [-0.25, -0.2) is 4.98 Å². The smallest absolute Gasteiger partial charge is 0.123 e. The van der Waals surface area contributed by atoms with E-state index in [2.05, 4.69) is 17.2 Å². The van der Waals surface area contributed by atoms with Gasteiger partial charge in [-0.05, 0) is 26.8 Å². The van der Waals surface area contributed by atoms with Gasteiger partial charge < -0.3 is 15.2 Å². The van der Waals surface area contributed by atoms with Crippen molar-refractivity contribution in [2.75, 3.05) is 7.11 Å². The van der Waals surface area contributed by atoms with Crippen LogP contribution in [0.15, 0.2) is 18.2 Å². The van der Waals surface area contributed by atoms with Crippen molar-refractivity contribution < 1.29 is 9.84 Å². The van der Waals surface area contributed by atoms with Crippen molar-refractivity contribution in [1.29, 1.82) is 0 Å². The van der Waals surface area contributed by atoms with Crippen LogP contribution in [-0.4, -0.2) is 17.2 Å². The molecule has 0 aliphatic carbocycles. The Bertz CT molecular complexity index is 596. The maximum absolute atomic E-state index is 9.93. The fourth-order valence-corrected chi connectivity index (χ4v) is 3.08.